The summed E-state index contributed by atoms with van der Waals surface area (Å²) in [5.74, 6) is -0.226. The van der Waals surface area contributed by atoms with Gasteiger partial charge in [0.1, 0.15) is 0 Å². The maximum Gasteiger partial charge on any atom is 0.274 e. The van der Waals surface area contributed by atoms with Gasteiger partial charge in [-0.2, -0.15) is 0 Å². The van der Waals surface area contributed by atoms with Crippen LogP contribution >= 0.6 is 0 Å². The van der Waals surface area contributed by atoms with Gasteiger partial charge in [0.15, 0.2) is 0 Å². The molecule has 0 bridgehead atoms. The fourth-order valence-electron chi connectivity index (χ4n) is 0.321. The molecule has 0 spiro atoms. The highest BCUT2D eigenvalue weighted by molar-refractivity contribution is 8.62. The molecule has 0 aliphatic carbocycles. The van der Waals surface area contributed by atoms with Gasteiger partial charge >= 0.3 is 0 Å². The third kappa shape index (κ3) is 2.92. The molecule has 0 aromatic carbocycles. The first-order valence-electron chi connectivity index (χ1n) is 2.35. The molecule has 56 valence electrons. The Hall–Kier alpha value is 0.0600. The van der Waals surface area contributed by atoms with Crippen LogP contribution in [-0.4, -0.2) is 22.9 Å². The van der Waals surface area contributed by atoms with Crippen LogP contribution in [0.25, 0.3) is 0 Å². The van der Waals surface area contributed by atoms with Crippen LogP contribution in [0.4, 0.5) is 0 Å². The van der Waals surface area contributed by atoms with Gasteiger partial charge < -0.3 is 0 Å². The minimum Gasteiger partial charge on any atom is -0.294 e. The van der Waals surface area contributed by atoms with Crippen molar-refractivity contribution in [1.82, 2.24) is 0 Å². The van der Waals surface area contributed by atoms with Crippen molar-refractivity contribution in [2.45, 2.75) is 13.3 Å². The fraction of sp³-hybridized carbons (Fsp3) is 1.00. The first-order valence-corrected chi connectivity index (χ1v) is 5.62. The van der Waals surface area contributed by atoms with Gasteiger partial charge in [0.05, 0.1) is 5.75 Å². The molecule has 0 fully saturated rings. The number of rotatable bonds is 3. The Kier molecular flexibility index (Phi) is 3.31. The van der Waals surface area contributed by atoms with E-state index in [2.05, 4.69) is 0 Å². The zero-order chi connectivity index (χ0) is 7.49. The molecule has 0 heterocycles. The summed E-state index contributed by atoms with van der Waals surface area (Å²) in [6.45, 7) is 1.63. The Bertz CT molecular complexity index is 192. The van der Waals surface area contributed by atoms with Gasteiger partial charge in [0.25, 0.3) is 19.0 Å². The highest BCUT2D eigenvalue weighted by Gasteiger charge is 2.15. The summed E-state index contributed by atoms with van der Waals surface area (Å²) in [5, 5.41) is 0. The third-order valence-corrected chi connectivity index (χ3v) is 3.82. The van der Waals surface area contributed by atoms with E-state index in [0.717, 1.165) is 0 Å². The van der Waals surface area contributed by atoms with Gasteiger partial charge in [-0.15, -0.1) is 0 Å². The topological polar surface area (TPSA) is 71.4 Å². The highest BCUT2D eigenvalue weighted by atomic mass is 33.2. The van der Waals surface area contributed by atoms with Crippen molar-refractivity contribution in [3.05, 3.63) is 0 Å². The van der Waals surface area contributed by atoms with E-state index in [1.54, 1.807) is 6.92 Å². The van der Waals surface area contributed by atoms with Crippen LogP contribution in [-0.2, 0) is 19.0 Å². The summed E-state index contributed by atoms with van der Waals surface area (Å²) in [4.78, 5) is 0. The van der Waals surface area contributed by atoms with E-state index in [1.165, 1.54) is 0 Å². The van der Waals surface area contributed by atoms with Gasteiger partial charge in [-0.25, -0.2) is 12.6 Å². The number of hydrogen-bond donors (Lipinski definition) is 1. The SMILES string of the molecule is CCCS(=O)(=O)S(=O)O. The zero-order valence-electron chi connectivity index (χ0n) is 4.90. The summed E-state index contributed by atoms with van der Waals surface area (Å²) in [6.07, 6.45) is 0.370. The Morgan fingerprint density at radius 2 is 2.00 bits per heavy atom. The monoisotopic (exact) mass is 172 g/mol. The Morgan fingerprint density at radius 3 is 2.11 bits per heavy atom. The molecule has 6 heteroatoms. The molecule has 4 nitrogen and oxygen atoms in total. The second-order valence-electron chi connectivity index (χ2n) is 1.48. The lowest BCUT2D eigenvalue weighted by Gasteiger charge is -1.92. The van der Waals surface area contributed by atoms with E-state index in [-0.39, 0.29) is 5.75 Å². The summed E-state index contributed by atoms with van der Waals surface area (Å²) in [5.41, 5.74) is 0. The average Bonchev–Trinajstić information content (AvgIpc) is 1.65. The quantitative estimate of drug-likeness (QED) is 0.478. The van der Waals surface area contributed by atoms with Crippen LogP contribution in [0.5, 0.6) is 0 Å². The molecule has 9 heavy (non-hydrogen) atoms. The summed E-state index contributed by atoms with van der Waals surface area (Å²) in [7, 11) is -6.42. The highest BCUT2D eigenvalue weighted by Crippen LogP contribution is 1.95. The van der Waals surface area contributed by atoms with Crippen LogP contribution in [0.1, 0.15) is 13.3 Å². The van der Waals surface area contributed by atoms with Crippen LogP contribution in [0.3, 0.4) is 0 Å². The molecule has 0 saturated heterocycles. The molecule has 1 atom stereocenters. The van der Waals surface area contributed by atoms with Crippen LogP contribution in [0.2, 0.25) is 0 Å². The summed E-state index contributed by atoms with van der Waals surface area (Å²) < 4.78 is 38.8. The lowest BCUT2D eigenvalue weighted by atomic mass is 10.6. The Balaban J connectivity index is 4.23. The van der Waals surface area contributed by atoms with Crippen molar-refractivity contribution in [2.24, 2.45) is 0 Å². The molecule has 0 saturated carbocycles. The molecule has 0 aromatic heterocycles. The summed E-state index contributed by atoms with van der Waals surface area (Å²) >= 11 is 0. The molecule has 0 rings (SSSR count). The largest absolute Gasteiger partial charge is 0.294 e. The van der Waals surface area contributed by atoms with E-state index in [9.17, 15) is 12.6 Å². The maximum atomic E-state index is 10.4. The minimum atomic E-state index is -3.72. The molecule has 0 amide bonds. The van der Waals surface area contributed by atoms with Gasteiger partial charge in [-0.05, 0) is 6.42 Å². The molecule has 0 aliphatic rings. The lowest BCUT2D eigenvalue weighted by Crippen LogP contribution is -2.10. The fourth-order valence-corrected chi connectivity index (χ4v) is 1.89. The predicted octanol–water partition coefficient (Wildman–Crippen LogP) is -0.0521. The van der Waals surface area contributed by atoms with Gasteiger partial charge in [-0.3, -0.25) is 4.55 Å². The Morgan fingerprint density at radius 1 is 1.56 bits per heavy atom. The summed E-state index contributed by atoms with van der Waals surface area (Å²) in [6, 6.07) is 0. The molecular weight excluding hydrogens is 164 g/mol. The minimum absolute atomic E-state index is 0.226. The predicted molar refractivity (Wildman–Crippen MR) is 34.8 cm³/mol. The lowest BCUT2D eigenvalue weighted by molar-refractivity contribution is 0.561. The second kappa shape index (κ2) is 3.28. The van der Waals surface area contributed by atoms with E-state index >= 15 is 0 Å². The van der Waals surface area contributed by atoms with Gasteiger partial charge in [-0.1, -0.05) is 6.92 Å². The Labute approximate surface area is 55.9 Å². The first kappa shape index (κ1) is 9.06. The standard InChI is InChI=1S/C3H8O4S2/c1-2-3-9(6,7)8(4)5/h2-3H2,1H3,(H,4,5). The normalized spacial score (nSPS) is 15.3. The average molecular weight is 172 g/mol. The number of hydrogen-bond acceptors (Lipinski definition) is 3. The molecular formula is C3H8O4S2. The van der Waals surface area contributed by atoms with E-state index in [1.807, 2.05) is 0 Å². The molecule has 1 N–H and O–H groups in total. The van der Waals surface area contributed by atoms with Crippen LogP contribution < -0.4 is 0 Å². The van der Waals surface area contributed by atoms with Crippen molar-refractivity contribution in [2.75, 3.05) is 5.75 Å². The second-order valence-corrected chi connectivity index (χ2v) is 5.82. The smallest absolute Gasteiger partial charge is 0.274 e. The van der Waals surface area contributed by atoms with Crippen molar-refractivity contribution >= 4 is 19.0 Å². The van der Waals surface area contributed by atoms with E-state index < -0.39 is 19.0 Å². The van der Waals surface area contributed by atoms with Crippen molar-refractivity contribution in [3.8, 4) is 0 Å². The van der Waals surface area contributed by atoms with Crippen molar-refractivity contribution < 1.29 is 17.2 Å². The van der Waals surface area contributed by atoms with Gasteiger partial charge in [0.2, 0.25) is 0 Å². The van der Waals surface area contributed by atoms with Crippen LogP contribution in [0.15, 0.2) is 0 Å². The van der Waals surface area contributed by atoms with Gasteiger partial charge in [0, 0.05) is 0 Å². The molecule has 1 unspecified atom stereocenters. The van der Waals surface area contributed by atoms with Crippen molar-refractivity contribution in [1.29, 1.82) is 0 Å². The third-order valence-electron chi connectivity index (χ3n) is 0.671. The van der Waals surface area contributed by atoms with Crippen LogP contribution in [0, 0.1) is 0 Å². The molecule has 0 aromatic rings. The first-order chi connectivity index (χ1) is 4.00. The molecule has 0 aliphatic heterocycles. The zero-order valence-corrected chi connectivity index (χ0v) is 6.54. The van der Waals surface area contributed by atoms with Crippen molar-refractivity contribution in [3.63, 3.8) is 0 Å². The van der Waals surface area contributed by atoms with E-state index in [0.29, 0.717) is 6.42 Å². The van der Waals surface area contributed by atoms with E-state index in [4.69, 9.17) is 4.55 Å². The maximum absolute atomic E-state index is 10.4. The molecule has 0 radical (unpaired) electrons.